The quantitative estimate of drug-likeness (QED) is 0.830. The van der Waals surface area contributed by atoms with Gasteiger partial charge in [-0.05, 0) is 30.6 Å². The van der Waals surface area contributed by atoms with Crippen molar-refractivity contribution in [3.63, 3.8) is 0 Å². The van der Waals surface area contributed by atoms with Gasteiger partial charge in [-0.3, -0.25) is 4.68 Å². The highest BCUT2D eigenvalue weighted by Gasteiger charge is 2.15. The summed E-state index contributed by atoms with van der Waals surface area (Å²) >= 11 is 5.29. The summed E-state index contributed by atoms with van der Waals surface area (Å²) in [5.74, 6) is 0. The number of thiocarbonyl (C=S) groups is 1. The summed E-state index contributed by atoms with van der Waals surface area (Å²) in [6.07, 6.45) is 6.25. The highest BCUT2D eigenvalue weighted by molar-refractivity contribution is 7.80. The van der Waals surface area contributed by atoms with Crippen molar-refractivity contribution in [2.24, 2.45) is 0 Å². The van der Waals surface area contributed by atoms with Crippen molar-refractivity contribution in [1.82, 2.24) is 15.1 Å². The lowest BCUT2D eigenvalue weighted by Gasteiger charge is -2.13. The second-order valence-electron chi connectivity index (χ2n) is 5.38. The summed E-state index contributed by atoms with van der Waals surface area (Å²) in [5, 5.41) is 11.3. The number of anilines is 1. The molecule has 0 spiro atoms. The van der Waals surface area contributed by atoms with Gasteiger partial charge in [-0.25, -0.2) is 0 Å². The van der Waals surface area contributed by atoms with Gasteiger partial charge < -0.3 is 15.4 Å². The number of hydrogen-bond donors (Lipinski definition) is 2. The van der Waals surface area contributed by atoms with Crippen LogP contribution in [0, 0.1) is 0 Å². The van der Waals surface area contributed by atoms with Gasteiger partial charge in [-0.2, -0.15) is 5.10 Å². The minimum atomic E-state index is 0.278. The van der Waals surface area contributed by atoms with E-state index in [0.29, 0.717) is 5.11 Å². The van der Waals surface area contributed by atoms with Crippen LogP contribution in [0.3, 0.4) is 0 Å². The van der Waals surface area contributed by atoms with E-state index in [1.807, 2.05) is 29.1 Å². The standard InChI is InChI=1S/C16H20N4OS/c22-16(17-10-15-7-4-8-21-15)19-14-9-18-20(12-14)11-13-5-2-1-3-6-13/h1-3,5-6,9,12,15H,4,7-8,10-11H2,(H2,17,19,22). The molecule has 0 aliphatic carbocycles. The van der Waals surface area contributed by atoms with E-state index in [9.17, 15) is 0 Å². The highest BCUT2D eigenvalue weighted by Crippen LogP contribution is 2.11. The van der Waals surface area contributed by atoms with Crippen molar-refractivity contribution in [2.45, 2.75) is 25.5 Å². The minimum Gasteiger partial charge on any atom is -0.376 e. The lowest BCUT2D eigenvalue weighted by Crippen LogP contribution is -2.34. The van der Waals surface area contributed by atoms with E-state index in [4.69, 9.17) is 17.0 Å². The van der Waals surface area contributed by atoms with Gasteiger partial charge in [0.2, 0.25) is 0 Å². The largest absolute Gasteiger partial charge is 0.376 e. The van der Waals surface area contributed by atoms with Crippen LogP contribution in [0.5, 0.6) is 0 Å². The molecule has 1 fully saturated rings. The van der Waals surface area contributed by atoms with E-state index in [1.54, 1.807) is 6.20 Å². The third-order valence-electron chi connectivity index (χ3n) is 3.59. The van der Waals surface area contributed by atoms with Gasteiger partial charge in [0, 0.05) is 19.3 Å². The Labute approximate surface area is 135 Å². The van der Waals surface area contributed by atoms with Gasteiger partial charge in [0.25, 0.3) is 0 Å². The van der Waals surface area contributed by atoms with Gasteiger partial charge in [-0.1, -0.05) is 30.3 Å². The van der Waals surface area contributed by atoms with Gasteiger partial charge in [0.15, 0.2) is 5.11 Å². The zero-order valence-electron chi connectivity index (χ0n) is 12.4. The summed E-state index contributed by atoms with van der Waals surface area (Å²) in [4.78, 5) is 0. The number of benzene rings is 1. The second kappa shape index (κ2) is 7.38. The fourth-order valence-electron chi connectivity index (χ4n) is 2.47. The Hall–Kier alpha value is -1.92. The molecule has 0 amide bonds. The topological polar surface area (TPSA) is 51.1 Å². The predicted octanol–water partition coefficient (Wildman–Crippen LogP) is 2.40. The summed E-state index contributed by atoms with van der Waals surface area (Å²) in [6, 6.07) is 10.2. The number of hydrogen-bond acceptors (Lipinski definition) is 3. The first kappa shape index (κ1) is 15.0. The molecular formula is C16H20N4OS. The van der Waals surface area contributed by atoms with E-state index in [0.717, 1.165) is 38.2 Å². The molecule has 1 aliphatic heterocycles. The Balaban J connectivity index is 1.47. The van der Waals surface area contributed by atoms with Crippen LogP contribution in [-0.4, -0.2) is 34.1 Å². The van der Waals surface area contributed by atoms with Gasteiger partial charge >= 0.3 is 0 Å². The molecule has 1 atom stereocenters. The molecule has 22 heavy (non-hydrogen) atoms. The molecule has 2 N–H and O–H groups in total. The van der Waals surface area contributed by atoms with Crippen LogP contribution in [0.25, 0.3) is 0 Å². The van der Waals surface area contributed by atoms with Gasteiger partial charge in [0.05, 0.1) is 24.5 Å². The first-order chi connectivity index (χ1) is 10.8. The normalized spacial score (nSPS) is 17.4. The third-order valence-corrected chi connectivity index (χ3v) is 3.84. The highest BCUT2D eigenvalue weighted by atomic mass is 32.1. The average Bonchev–Trinajstić information content (AvgIpc) is 3.18. The number of aromatic nitrogens is 2. The van der Waals surface area contributed by atoms with Crippen LogP contribution in [0.2, 0.25) is 0 Å². The summed E-state index contributed by atoms with van der Waals surface area (Å²) < 4.78 is 7.45. The van der Waals surface area contributed by atoms with Crippen molar-refractivity contribution in [1.29, 1.82) is 0 Å². The van der Waals surface area contributed by atoms with E-state index in [-0.39, 0.29) is 6.10 Å². The SMILES string of the molecule is S=C(NCC1CCCO1)Nc1cnn(Cc2ccccc2)c1. The molecule has 1 aromatic carbocycles. The average molecular weight is 316 g/mol. The van der Waals surface area contributed by atoms with E-state index in [1.165, 1.54) is 5.56 Å². The molecule has 0 radical (unpaired) electrons. The Morgan fingerprint density at radius 3 is 3.00 bits per heavy atom. The van der Waals surface area contributed by atoms with Crippen molar-refractivity contribution in [2.75, 3.05) is 18.5 Å². The van der Waals surface area contributed by atoms with E-state index in [2.05, 4.69) is 27.9 Å². The number of nitrogens with zero attached hydrogens (tertiary/aromatic N) is 2. The Morgan fingerprint density at radius 1 is 1.36 bits per heavy atom. The maximum absolute atomic E-state index is 5.56. The van der Waals surface area contributed by atoms with Crippen LogP contribution >= 0.6 is 12.2 Å². The third kappa shape index (κ3) is 4.29. The molecule has 0 saturated carbocycles. The summed E-state index contributed by atoms with van der Waals surface area (Å²) in [6.45, 7) is 2.36. The number of ether oxygens (including phenoxy) is 1. The first-order valence-corrected chi connectivity index (χ1v) is 7.93. The molecule has 1 aromatic heterocycles. The molecule has 1 saturated heterocycles. The molecule has 1 unspecified atom stereocenters. The molecular weight excluding hydrogens is 296 g/mol. The summed E-state index contributed by atoms with van der Waals surface area (Å²) in [5.41, 5.74) is 2.11. The van der Waals surface area contributed by atoms with Gasteiger partial charge in [-0.15, -0.1) is 0 Å². The maximum atomic E-state index is 5.56. The van der Waals surface area contributed by atoms with Crippen LogP contribution in [0.1, 0.15) is 18.4 Å². The first-order valence-electron chi connectivity index (χ1n) is 7.52. The van der Waals surface area contributed by atoms with Crippen molar-refractivity contribution in [3.05, 3.63) is 48.3 Å². The fraction of sp³-hybridized carbons (Fsp3) is 0.375. The lowest BCUT2D eigenvalue weighted by atomic mass is 10.2. The second-order valence-corrected chi connectivity index (χ2v) is 5.79. The van der Waals surface area contributed by atoms with E-state index >= 15 is 0 Å². The zero-order chi connectivity index (χ0) is 15.2. The smallest absolute Gasteiger partial charge is 0.170 e. The maximum Gasteiger partial charge on any atom is 0.170 e. The number of rotatable bonds is 5. The lowest BCUT2D eigenvalue weighted by molar-refractivity contribution is 0.114. The predicted molar refractivity (Wildman–Crippen MR) is 91.0 cm³/mol. The van der Waals surface area contributed by atoms with Crippen LogP contribution in [-0.2, 0) is 11.3 Å². The molecule has 0 bridgehead atoms. The molecule has 116 valence electrons. The van der Waals surface area contributed by atoms with Gasteiger partial charge in [0.1, 0.15) is 0 Å². The summed E-state index contributed by atoms with van der Waals surface area (Å²) in [7, 11) is 0. The Bertz CT molecular complexity index is 608. The molecule has 1 aliphatic rings. The van der Waals surface area contributed by atoms with E-state index < -0.39 is 0 Å². The zero-order valence-corrected chi connectivity index (χ0v) is 13.2. The minimum absolute atomic E-state index is 0.278. The molecule has 2 heterocycles. The van der Waals surface area contributed by atoms with Crippen LogP contribution < -0.4 is 10.6 Å². The number of nitrogens with one attached hydrogen (secondary N) is 2. The monoisotopic (exact) mass is 316 g/mol. The van der Waals surface area contributed by atoms with Crippen molar-refractivity contribution < 1.29 is 4.74 Å². The van der Waals surface area contributed by atoms with Crippen molar-refractivity contribution >= 4 is 23.0 Å². The fourth-order valence-corrected chi connectivity index (χ4v) is 2.67. The van der Waals surface area contributed by atoms with Crippen LogP contribution in [0.4, 0.5) is 5.69 Å². The Kier molecular flexibility index (Phi) is 5.03. The molecule has 5 nitrogen and oxygen atoms in total. The molecule has 6 heteroatoms. The molecule has 3 rings (SSSR count). The van der Waals surface area contributed by atoms with Crippen LogP contribution in [0.15, 0.2) is 42.7 Å². The van der Waals surface area contributed by atoms with Crippen molar-refractivity contribution in [3.8, 4) is 0 Å². The Morgan fingerprint density at radius 2 is 2.23 bits per heavy atom. The molecule has 2 aromatic rings.